The predicted octanol–water partition coefficient (Wildman–Crippen LogP) is 0.348. The van der Waals surface area contributed by atoms with Crippen molar-refractivity contribution in [1.82, 2.24) is 4.31 Å². The van der Waals surface area contributed by atoms with E-state index in [1.54, 1.807) is 18.8 Å². The van der Waals surface area contributed by atoms with Crippen LogP contribution >= 0.6 is 11.8 Å². The van der Waals surface area contributed by atoms with Crippen LogP contribution in [0, 0.1) is 0 Å². The van der Waals surface area contributed by atoms with Crippen molar-refractivity contribution in [1.29, 1.82) is 0 Å². The van der Waals surface area contributed by atoms with E-state index in [1.165, 1.54) is 4.31 Å². The molecule has 0 aromatic rings. The van der Waals surface area contributed by atoms with Gasteiger partial charge in [0.1, 0.15) is 0 Å². The minimum absolute atomic E-state index is 0.0361. The summed E-state index contributed by atoms with van der Waals surface area (Å²) in [6, 6.07) is 0.0848. The fourth-order valence-electron chi connectivity index (χ4n) is 1.19. The fraction of sp³-hybridized carbons (Fsp3) is 1.00. The molecule has 14 heavy (non-hydrogen) atoms. The van der Waals surface area contributed by atoms with E-state index in [-0.39, 0.29) is 18.3 Å². The summed E-state index contributed by atoms with van der Waals surface area (Å²) in [5.74, 6) is 0.866. The van der Waals surface area contributed by atoms with Gasteiger partial charge in [-0.1, -0.05) is 6.92 Å². The molecule has 0 saturated carbocycles. The Morgan fingerprint density at radius 2 is 2.07 bits per heavy atom. The molecule has 0 aromatic carbocycles. The average molecular weight is 240 g/mol. The van der Waals surface area contributed by atoms with Crippen molar-refractivity contribution < 1.29 is 8.42 Å². The van der Waals surface area contributed by atoms with Gasteiger partial charge in [0.25, 0.3) is 0 Å². The van der Waals surface area contributed by atoms with Crippen LogP contribution in [0.4, 0.5) is 0 Å². The maximum absolute atomic E-state index is 11.6. The summed E-state index contributed by atoms with van der Waals surface area (Å²) in [7, 11) is -1.51. The molecule has 0 radical (unpaired) electrons. The van der Waals surface area contributed by atoms with Crippen molar-refractivity contribution in [2.24, 2.45) is 5.73 Å². The molecule has 0 aliphatic rings. The van der Waals surface area contributed by atoms with E-state index in [2.05, 4.69) is 0 Å². The molecule has 0 aromatic heterocycles. The van der Waals surface area contributed by atoms with Crippen molar-refractivity contribution in [2.45, 2.75) is 19.4 Å². The standard InChI is InChI=1S/C8H20N2O2S2/c1-4-8(7-13-3)10(2)14(11,12)6-5-9/h8H,4-7,9H2,1-3H3. The first kappa shape index (κ1) is 14.2. The molecule has 1 atom stereocenters. The first-order chi connectivity index (χ1) is 6.49. The molecule has 4 nitrogen and oxygen atoms in total. The number of hydrogen-bond acceptors (Lipinski definition) is 4. The number of thioether (sulfide) groups is 1. The molecule has 6 heteroatoms. The van der Waals surface area contributed by atoms with E-state index in [4.69, 9.17) is 5.73 Å². The van der Waals surface area contributed by atoms with Crippen LogP contribution in [-0.4, -0.2) is 50.1 Å². The highest BCUT2D eigenvalue weighted by atomic mass is 32.2. The van der Waals surface area contributed by atoms with Gasteiger partial charge in [-0.3, -0.25) is 0 Å². The highest BCUT2D eigenvalue weighted by Gasteiger charge is 2.23. The van der Waals surface area contributed by atoms with Gasteiger partial charge >= 0.3 is 0 Å². The number of nitrogens with two attached hydrogens (primary N) is 1. The molecule has 0 bridgehead atoms. The van der Waals surface area contributed by atoms with Gasteiger partial charge in [0.05, 0.1) is 5.75 Å². The van der Waals surface area contributed by atoms with Crippen LogP contribution in [-0.2, 0) is 10.0 Å². The van der Waals surface area contributed by atoms with Crippen molar-refractivity contribution >= 4 is 21.8 Å². The highest BCUT2D eigenvalue weighted by Crippen LogP contribution is 2.12. The SMILES string of the molecule is CCC(CSC)N(C)S(=O)(=O)CCN. The Balaban J connectivity index is 4.47. The zero-order valence-corrected chi connectivity index (χ0v) is 10.7. The van der Waals surface area contributed by atoms with Crippen LogP contribution in [0.15, 0.2) is 0 Å². The minimum atomic E-state index is -3.15. The third kappa shape index (κ3) is 4.16. The second-order valence-corrected chi connectivity index (χ2v) is 6.20. The Hall–Kier alpha value is 0.220. The average Bonchev–Trinajstić information content (AvgIpc) is 2.13. The molecule has 0 amide bonds. The minimum Gasteiger partial charge on any atom is -0.329 e. The zero-order chi connectivity index (χ0) is 11.2. The van der Waals surface area contributed by atoms with Crippen LogP contribution in [0.2, 0.25) is 0 Å². The largest absolute Gasteiger partial charge is 0.329 e. The monoisotopic (exact) mass is 240 g/mol. The molecule has 0 saturated heterocycles. The Labute approximate surface area is 91.3 Å². The molecule has 0 spiro atoms. The number of nitrogens with zero attached hydrogens (tertiary/aromatic N) is 1. The van der Waals surface area contributed by atoms with E-state index >= 15 is 0 Å². The second-order valence-electron chi connectivity index (χ2n) is 3.14. The summed E-state index contributed by atoms with van der Waals surface area (Å²) < 4.78 is 24.7. The Morgan fingerprint density at radius 3 is 2.43 bits per heavy atom. The van der Waals surface area contributed by atoms with Crippen molar-refractivity contribution in [3.8, 4) is 0 Å². The Kier molecular flexibility index (Phi) is 6.76. The van der Waals surface area contributed by atoms with E-state index in [9.17, 15) is 8.42 Å². The maximum Gasteiger partial charge on any atom is 0.215 e. The fourth-order valence-corrected chi connectivity index (χ4v) is 3.39. The molecular formula is C8H20N2O2S2. The second kappa shape index (κ2) is 6.66. The normalized spacial score (nSPS) is 14.6. The first-order valence-electron chi connectivity index (χ1n) is 4.64. The molecule has 0 aliphatic carbocycles. The molecule has 0 aliphatic heterocycles. The van der Waals surface area contributed by atoms with Gasteiger partial charge in [-0.2, -0.15) is 11.8 Å². The lowest BCUT2D eigenvalue weighted by molar-refractivity contribution is 0.386. The van der Waals surface area contributed by atoms with E-state index in [0.29, 0.717) is 0 Å². The summed E-state index contributed by atoms with van der Waals surface area (Å²) in [6.45, 7) is 2.18. The summed E-state index contributed by atoms with van der Waals surface area (Å²) in [6.07, 6.45) is 2.81. The topological polar surface area (TPSA) is 63.4 Å². The molecule has 1 unspecified atom stereocenters. The highest BCUT2D eigenvalue weighted by molar-refractivity contribution is 7.98. The smallest absolute Gasteiger partial charge is 0.215 e. The van der Waals surface area contributed by atoms with Crippen molar-refractivity contribution in [2.75, 3.05) is 31.4 Å². The number of hydrogen-bond donors (Lipinski definition) is 1. The van der Waals surface area contributed by atoms with Crippen LogP contribution < -0.4 is 5.73 Å². The van der Waals surface area contributed by atoms with Crippen LogP contribution in [0.25, 0.3) is 0 Å². The van der Waals surface area contributed by atoms with Gasteiger partial charge in [0, 0.05) is 25.4 Å². The Morgan fingerprint density at radius 1 is 1.50 bits per heavy atom. The van der Waals surface area contributed by atoms with Gasteiger partial charge < -0.3 is 5.73 Å². The van der Waals surface area contributed by atoms with Gasteiger partial charge in [-0.25, -0.2) is 12.7 Å². The van der Waals surface area contributed by atoms with Crippen molar-refractivity contribution in [3.05, 3.63) is 0 Å². The van der Waals surface area contributed by atoms with E-state index < -0.39 is 10.0 Å². The Bertz CT molecular complexity index is 242. The van der Waals surface area contributed by atoms with Gasteiger partial charge in [0.2, 0.25) is 10.0 Å². The lowest BCUT2D eigenvalue weighted by Crippen LogP contribution is -2.40. The van der Waals surface area contributed by atoms with Crippen molar-refractivity contribution in [3.63, 3.8) is 0 Å². The predicted molar refractivity (Wildman–Crippen MR) is 63.1 cm³/mol. The zero-order valence-electron chi connectivity index (χ0n) is 9.06. The molecule has 0 fully saturated rings. The molecule has 2 N–H and O–H groups in total. The van der Waals surface area contributed by atoms with Crippen LogP contribution in [0.5, 0.6) is 0 Å². The first-order valence-corrected chi connectivity index (χ1v) is 7.64. The maximum atomic E-state index is 11.6. The molecular weight excluding hydrogens is 220 g/mol. The molecule has 0 rings (SSSR count). The molecule has 0 heterocycles. The third-order valence-electron chi connectivity index (χ3n) is 2.16. The summed E-state index contributed by atoms with van der Waals surface area (Å²) in [4.78, 5) is 0. The summed E-state index contributed by atoms with van der Waals surface area (Å²) in [5.41, 5.74) is 5.26. The number of sulfonamides is 1. The van der Waals surface area contributed by atoms with Gasteiger partial charge in [-0.05, 0) is 12.7 Å². The summed E-state index contributed by atoms with van der Waals surface area (Å²) in [5, 5.41) is 0. The van der Waals surface area contributed by atoms with E-state index in [0.717, 1.165) is 12.2 Å². The third-order valence-corrected chi connectivity index (χ3v) is 4.80. The van der Waals surface area contributed by atoms with Gasteiger partial charge in [-0.15, -0.1) is 0 Å². The van der Waals surface area contributed by atoms with Gasteiger partial charge in [0.15, 0.2) is 0 Å². The van der Waals surface area contributed by atoms with E-state index in [1.807, 2.05) is 13.2 Å². The van der Waals surface area contributed by atoms with Crippen LogP contribution in [0.1, 0.15) is 13.3 Å². The van der Waals surface area contributed by atoms with Crippen LogP contribution in [0.3, 0.4) is 0 Å². The molecule has 86 valence electrons. The lowest BCUT2D eigenvalue weighted by Gasteiger charge is -2.25. The quantitative estimate of drug-likeness (QED) is 0.697. The lowest BCUT2D eigenvalue weighted by atomic mass is 10.3. The summed E-state index contributed by atoms with van der Waals surface area (Å²) >= 11 is 1.66. The number of rotatable bonds is 7.